The van der Waals surface area contributed by atoms with Gasteiger partial charge < -0.3 is 14.5 Å². The van der Waals surface area contributed by atoms with Gasteiger partial charge in [-0.05, 0) is 54.7 Å². The number of halogens is 1. The third kappa shape index (κ3) is 4.14. The normalized spacial score (nSPS) is 16.9. The lowest BCUT2D eigenvalue weighted by atomic mass is 9.93. The number of benzene rings is 1. The summed E-state index contributed by atoms with van der Waals surface area (Å²) in [6, 6.07) is 7.33. The molecule has 8 nitrogen and oxygen atoms in total. The van der Waals surface area contributed by atoms with Crippen LogP contribution in [0, 0.1) is 5.82 Å². The van der Waals surface area contributed by atoms with Crippen molar-refractivity contribution in [1.29, 1.82) is 0 Å². The molecule has 2 aromatic heterocycles. The van der Waals surface area contributed by atoms with Crippen LogP contribution >= 0.6 is 0 Å². The maximum atomic E-state index is 13.5. The number of fused-ring (bicyclic) bond motifs is 2. The summed E-state index contributed by atoms with van der Waals surface area (Å²) >= 11 is 0. The molecular formula is C22H24FN3O5S. The summed E-state index contributed by atoms with van der Waals surface area (Å²) in [4.78, 5) is 16.6. The highest BCUT2D eigenvalue weighted by atomic mass is 32.2. The zero-order valence-corrected chi connectivity index (χ0v) is 18.8. The van der Waals surface area contributed by atoms with Gasteiger partial charge in [-0.2, -0.15) is 4.98 Å². The van der Waals surface area contributed by atoms with Gasteiger partial charge in [0.2, 0.25) is 15.7 Å². The number of hydrogen-bond donors (Lipinski definition) is 1. The summed E-state index contributed by atoms with van der Waals surface area (Å²) in [6.07, 6.45) is 2.92. The van der Waals surface area contributed by atoms with Crippen LogP contribution in [0.1, 0.15) is 37.7 Å². The lowest BCUT2D eigenvalue weighted by Crippen LogP contribution is -2.33. The van der Waals surface area contributed by atoms with E-state index < -0.39 is 21.9 Å². The van der Waals surface area contributed by atoms with E-state index in [0.29, 0.717) is 23.3 Å². The van der Waals surface area contributed by atoms with Crippen LogP contribution in [0.15, 0.2) is 34.7 Å². The van der Waals surface area contributed by atoms with E-state index in [1.807, 2.05) is 6.92 Å². The molecule has 0 radical (unpaired) electrons. The molecule has 3 aromatic rings. The summed E-state index contributed by atoms with van der Waals surface area (Å²) in [6.45, 7) is 2.34. The van der Waals surface area contributed by atoms with E-state index in [-0.39, 0.29) is 23.1 Å². The van der Waals surface area contributed by atoms with Gasteiger partial charge in [0.1, 0.15) is 11.6 Å². The molecule has 0 aliphatic carbocycles. The molecule has 3 heterocycles. The van der Waals surface area contributed by atoms with E-state index in [1.165, 1.54) is 35.6 Å². The lowest BCUT2D eigenvalue weighted by molar-refractivity contribution is 0.203. The first-order valence-electron chi connectivity index (χ1n) is 10.3. The lowest BCUT2D eigenvalue weighted by Gasteiger charge is -2.28. The van der Waals surface area contributed by atoms with Gasteiger partial charge in [0.05, 0.1) is 11.6 Å². The first-order chi connectivity index (χ1) is 15.2. The minimum atomic E-state index is -3.56. The van der Waals surface area contributed by atoms with Gasteiger partial charge in [0, 0.05) is 19.2 Å². The van der Waals surface area contributed by atoms with Gasteiger partial charge in [0.15, 0.2) is 11.5 Å². The van der Waals surface area contributed by atoms with Crippen molar-refractivity contribution in [3.8, 4) is 17.1 Å². The van der Waals surface area contributed by atoms with E-state index in [0.717, 1.165) is 31.1 Å². The fourth-order valence-electron chi connectivity index (χ4n) is 3.90. The molecule has 32 heavy (non-hydrogen) atoms. The molecule has 0 bridgehead atoms. The van der Waals surface area contributed by atoms with Crippen LogP contribution in [-0.4, -0.2) is 39.3 Å². The van der Waals surface area contributed by atoms with Gasteiger partial charge in [-0.3, -0.25) is 4.31 Å². The Kier molecular flexibility index (Phi) is 5.81. The van der Waals surface area contributed by atoms with Crippen LogP contribution in [-0.2, 0) is 10.0 Å². The van der Waals surface area contributed by atoms with Crippen LogP contribution in [0.3, 0.4) is 0 Å². The number of aromatic nitrogens is 1. The predicted molar refractivity (Wildman–Crippen MR) is 119 cm³/mol. The van der Waals surface area contributed by atoms with E-state index in [4.69, 9.17) is 9.15 Å². The summed E-state index contributed by atoms with van der Waals surface area (Å²) in [7, 11) is -2.13. The SMILES string of the molecule is CNC(=O)Oc1c(-c2ccc(F)cc2)oc2nc3c(cc12)C(C)CCCCN3S(C)(=O)=O. The van der Waals surface area contributed by atoms with Crippen LogP contribution in [0.2, 0.25) is 0 Å². The number of ether oxygens (including phenoxy) is 1. The number of anilines is 1. The Hall–Kier alpha value is -3.14. The summed E-state index contributed by atoms with van der Waals surface area (Å²) < 4.78 is 51.2. The van der Waals surface area contributed by atoms with Crippen molar-refractivity contribution >= 4 is 33.0 Å². The monoisotopic (exact) mass is 461 g/mol. The van der Waals surface area contributed by atoms with Crippen LogP contribution in [0.25, 0.3) is 22.4 Å². The molecule has 1 amide bonds. The first kappa shape index (κ1) is 22.1. The molecule has 170 valence electrons. The number of hydrogen-bond acceptors (Lipinski definition) is 6. The Bertz CT molecular complexity index is 1270. The van der Waals surface area contributed by atoms with Crippen LogP contribution in [0.5, 0.6) is 5.75 Å². The second-order valence-electron chi connectivity index (χ2n) is 7.89. The Morgan fingerprint density at radius 2 is 2.00 bits per heavy atom. The van der Waals surface area contributed by atoms with Crippen molar-refractivity contribution in [2.24, 2.45) is 0 Å². The molecule has 10 heteroatoms. The Morgan fingerprint density at radius 1 is 1.28 bits per heavy atom. The molecule has 1 unspecified atom stereocenters. The topological polar surface area (TPSA) is 102 Å². The number of carbonyl (C=O) groups is 1. The average molecular weight is 462 g/mol. The molecule has 0 fully saturated rings. The fraction of sp³-hybridized carbons (Fsp3) is 0.364. The molecule has 1 aromatic carbocycles. The van der Waals surface area contributed by atoms with Crippen molar-refractivity contribution in [2.75, 3.05) is 24.2 Å². The Labute approximate surface area is 185 Å². The zero-order chi connectivity index (χ0) is 23.0. The van der Waals surface area contributed by atoms with E-state index >= 15 is 0 Å². The zero-order valence-electron chi connectivity index (χ0n) is 18.0. The average Bonchev–Trinajstić information content (AvgIpc) is 3.08. The van der Waals surface area contributed by atoms with Gasteiger partial charge in [0.25, 0.3) is 0 Å². The maximum Gasteiger partial charge on any atom is 0.412 e. The number of amides is 1. The quantitative estimate of drug-likeness (QED) is 0.620. The number of sulfonamides is 1. The Morgan fingerprint density at radius 3 is 2.66 bits per heavy atom. The second kappa shape index (κ2) is 8.42. The summed E-state index contributed by atoms with van der Waals surface area (Å²) in [5.41, 5.74) is 1.35. The minimum absolute atomic E-state index is 0.0310. The van der Waals surface area contributed by atoms with Crippen molar-refractivity contribution in [1.82, 2.24) is 10.3 Å². The highest BCUT2D eigenvalue weighted by molar-refractivity contribution is 7.92. The molecule has 0 spiro atoms. The van der Waals surface area contributed by atoms with E-state index in [1.54, 1.807) is 6.07 Å². The number of nitrogens with zero attached hydrogens (tertiary/aromatic N) is 2. The molecule has 4 rings (SSSR count). The molecule has 1 aliphatic rings. The van der Waals surface area contributed by atoms with Gasteiger partial charge in [-0.15, -0.1) is 0 Å². The highest BCUT2D eigenvalue weighted by Crippen LogP contribution is 2.43. The standard InChI is InChI=1S/C22H24FN3O5S/c1-13-6-4-5-11-26(32(3,28)29)20-16(13)12-17-19(31-22(27)24-2)18(30-21(17)25-20)14-7-9-15(23)10-8-14/h7-10,12-13H,4-6,11H2,1-3H3,(H,24,27). The maximum absolute atomic E-state index is 13.5. The van der Waals surface area contributed by atoms with Gasteiger partial charge in [-0.25, -0.2) is 17.6 Å². The van der Waals surface area contributed by atoms with Gasteiger partial charge >= 0.3 is 6.09 Å². The van der Waals surface area contributed by atoms with Crippen LogP contribution < -0.4 is 14.4 Å². The molecule has 0 saturated heterocycles. The summed E-state index contributed by atoms with van der Waals surface area (Å²) in [5.74, 6) is 0.271. The van der Waals surface area contributed by atoms with Gasteiger partial charge in [-0.1, -0.05) is 13.3 Å². The summed E-state index contributed by atoms with van der Waals surface area (Å²) in [5, 5.41) is 2.84. The van der Waals surface area contributed by atoms with Crippen molar-refractivity contribution < 1.29 is 26.8 Å². The van der Waals surface area contributed by atoms with Crippen molar-refractivity contribution in [3.05, 3.63) is 41.7 Å². The van der Waals surface area contributed by atoms with E-state index in [2.05, 4.69) is 10.3 Å². The number of carbonyl (C=O) groups excluding carboxylic acids is 1. The number of rotatable bonds is 3. The smallest absolute Gasteiger partial charge is 0.412 e. The van der Waals surface area contributed by atoms with Crippen molar-refractivity contribution in [2.45, 2.75) is 32.1 Å². The molecule has 1 aliphatic heterocycles. The van der Waals surface area contributed by atoms with E-state index in [9.17, 15) is 17.6 Å². The number of nitrogens with one attached hydrogen (secondary N) is 1. The van der Waals surface area contributed by atoms with Crippen molar-refractivity contribution in [3.63, 3.8) is 0 Å². The fourth-order valence-corrected chi connectivity index (χ4v) is 4.82. The molecule has 1 N–H and O–H groups in total. The Balaban J connectivity index is 1.99. The molecule has 0 saturated carbocycles. The van der Waals surface area contributed by atoms with Crippen LogP contribution in [0.4, 0.5) is 15.0 Å². The predicted octanol–water partition coefficient (Wildman–Crippen LogP) is 4.41. The number of furan rings is 1. The third-order valence-electron chi connectivity index (χ3n) is 5.57. The third-order valence-corrected chi connectivity index (χ3v) is 6.72. The highest BCUT2D eigenvalue weighted by Gasteiger charge is 2.30. The second-order valence-corrected chi connectivity index (χ2v) is 9.80. The molecular weight excluding hydrogens is 437 g/mol. The minimum Gasteiger partial charge on any atom is -0.434 e. The first-order valence-corrected chi connectivity index (χ1v) is 12.1. The largest absolute Gasteiger partial charge is 0.434 e. The number of pyridine rings is 1. The molecule has 1 atom stereocenters.